The normalized spacial score (nSPS) is 16.8. The summed E-state index contributed by atoms with van der Waals surface area (Å²) in [4.78, 5) is 0. The van der Waals surface area contributed by atoms with E-state index < -0.39 is 0 Å². The predicted octanol–water partition coefficient (Wildman–Crippen LogP) is 4.21. The zero-order valence-corrected chi connectivity index (χ0v) is 11.6. The number of hydrogen-bond acceptors (Lipinski definition) is 1. The van der Waals surface area contributed by atoms with Crippen LogP contribution in [0.2, 0.25) is 0 Å². The first-order chi connectivity index (χ1) is 6.80. The minimum absolute atomic E-state index is 0.400. The van der Waals surface area contributed by atoms with Crippen LogP contribution in [0.3, 0.4) is 0 Å². The van der Waals surface area contributed by atoms with Gasteiger partial charge in [-0.2, -0.15) is 0 Å². The van der Waals surface area contributed by atoms with E-state index in [1.165, 1.54) is 25.7 Å². The zero-order chi connectivity index (χ0) is 12.1. The van der Waals surface area contributed by atoms with E-state index in [0.717, 1.165) is 5.92 Å². The van der Waals surface area contributed by atoms with Crippen LogP contribution in [0.4, 0.5) is 0 Å². The van der Waals surface area contributed by atoms with Crippen molar-refractivity contribution in [2.75, 3.05) is 0 Å². The largest absolute Gasteiger partial charge is 0.327 e. The van der Waals surface area contributed by atoms with Crippen molar-refractivity contribution in [3.05, 3.63) is 0 Å². The number of rotatable bonds is 6. The standard InChI is InChI=1S/C14H31N/c1-7-12(8-2)13(15)9-11(3)10-14(4,5)6/h11-13H,7-10,15H2,1-6H3. The molecule has 0 heterocycles. The molecule has 0 aromatic carbocycles. The van der Waals surface area contributed by atoms with Crippen molar-refractivity contribution < 1.29 is 0 Å². The van der Waals surface area contributed by atoms with Crippen molar-refractivity contribution in [3.8, 4) is 0 Å². The molecule has 0 saturated heterocycles. The molecule has 0 aliphatic carbocycles. The Bertz CT molecular complexity index is 153. The first-order valence-electron chi connectivity index (χ1n) is 6.55. The molecule has 0 bridgehead atoms. The molecule has 1 heteroatoms. The third kappa shape index (κ3) is 6.94. The molecule has 15 heavy (non-hydrogen) atoms. The van der Waals surface area contributed by atoms with E-state index in [0.29, 0.717) is 17.4 Å². The molecule has 0 rings (SSSR count). The molecule has 0 aromatic heterocycles. The lowest BCUT2D eigenvalue weighted by Gasteiger charge is -2.28. The number of nitrogens with two attached hydrogens (primary N) is 1. The van der Waals surface area contributed by atoms with Crippen molar-refractivity contribution in [1.29, 1.82) is 0 Å². The van der Waals surface area contributed by atoms with E-state index in [9.17, 15) is 0 Å². The molecule has 0 fully saturated rings. The Hall–Kier alpha value is -0.0400. The highest BCUT2D eigenvalue weighted by atomic mass is 14.6. The average molecular weight is 213 g/mol. The Labute approximate surface area is 96.8 Å². The lowest BCUT2D eigenvalue weighted by Crippen LogP contribution is -2.32. The summed E-state index contributed by atoms with van der Waals surface area (Å²) in [6, 6.07) is 0.400. The lowest BCUT2D eigenvalue weighted by atomic mass is 9.80. The first-order valence-corrected chi connectivity index (χ1v) is 6.55. The van der Waals surface area contributed by atoms with Gasteiger partial charge in [0, 0.05) is 6.04 Å². The summed E-state index contributed by atoms with van der Waals surface area (Å²) in [6.45, 7) is 13.8. The van der Waals surface area contributed by atoms with Gasteiger partial charge >= 0.3 is 0 Å². The highest BCUT2D eigenvalue weighted by Crippen LogP contribution is 2.28. The molecule has 2 atom stereocenters. The van der Waals surface area contributed by atoms with Crippen molar-refractivity contribution >= 4 is 0 Å². The second-order valence-electron chi connectivity index (χ2n) is 6.35. The summed E-state index contributed by atoms with van der Waals surface area (Å²) in [5.74, 6) is 1.47. The summed E-state index contributed by atoms with van der Waals surface area (Å²) in [5.41, 5.74) is 6.70. The highest BCUT2D eigenvalue weighted by Gasteiger charge is 2.20. The fourth-order valence-corrected chi connectivity index (χ4v) is 2.68. The third-order valence-electron chi connectivity index (χ3n) is 3.29. The van der Waals surface area contributed by atoms with Crippen molar-refractivity contribution in [2.24, 2.45) is 23.0 Å². The Morgan fingerprint density at radius 1 is 1.07 bits per heavy atom. The smallest absolute Gasteiger partial charge is 0.00694 e. The van der Waals surface area contributed by atoms with Crippen molar-refractivity contribution in [1.82, 2.24) is 0 Å². The second kappa shape index (κ2) is 6.52. The maximum absolute atomic E-state index is 6.26. The molecular formula is C14H31N. The van der Waals surface area contributed by atoms with Gasteiger partial charge in [0.2, 0.25) is 0 Å². The molecule has 2 N–H and O–H groups in total. The van der Waals surface area contributed by atoms with Crippen LogP contribution in [0.25, 0.3) is 0 Å². The van der Waals surface area contributed by atoms with E-state index in [1.54, 1.807) is 0 Å². The molecule has 0 radical (unpaired) electrons. The molecule has 2 unspecified atom stereocenters. The molecule has 92 valence electrons. The van der Waals surface area contributed by atoms with Gasteiger partial charge < -0.3 is 5.73 Å². The fraction of sp³-hybridized carbons (Fsp3) is 1.00. The zero-order valence-electron chi connectivity index (χ0n) is 11.6. The Balaban J connectivity index is 4.00. The lowest BCUT2D eigenvalue weighted by molar-refractivity contribution is 0.259. The fourth-order valence-electron chi connectivity index (χ4n) is 2.68. The molecule has 0 spiro atoms. The first kappa shape index (κ1) is 15.0. The predicted molar refractivity (Wildman–Crippen MR) is 69.9 cm³/mol. The van der Waals surface area contributed by atoms with E-state index in [2.05, 4.69) is 41.5 Å². The summed E-state index contributed by atoms with van der Waals surface area (Å²) < 4.78 is 0. The third-order valence-corrected chi connectivity index (χ3v) is 3.29. The molecule has 0 amide bonds. The Morgan fingerprint density at radius 3 is 1.87 bits per heavy atom. The van der Waals surface area contributed by atoms with Gasteiger partial charge in [0.15, 0.2) is 0 Å². The topological polar surface area (TPSA) is 26.0 Å². The second-order valence-corrected chi connectivity index (χ2v) is 6.35. The average Bonchev–Trinajstić information content (AvgIpc) is 2.02. The van der Waals surface area contributed by atoms with Crippen LogP contribution >= 0.6 is 0 Å². The Morgan fingerprint density at radius 2 is 1.53 bits per heavy atom. The van der Waals surface area contributed by atoms with Crippen LogP contribution in [0.15, 0.2) is 0 Å². The molecular weight excluding hydrogens is 182 g/mol. The van der Waals surface area contributed by atoms with Gasteiger partial charge in [0.05, 0.1) is 0 Å². The van der Waals surface area contributed by atoms with Crippen LogP contribution < -0.4 is 5.73 Å². The van der Waals surface area contributed by atoms with Gasteiger partial charge in [-0.05, 0) is 30.1 Å². The molecule has 0 saturated carbocycles. The van der Waals surface area contributed by atoms with E-state index in [4.69, 9.17) is 5.73 Å². The summed E-state index contributed by atoms with van der Waals surface area (Å²) in [6.07, 6.45) is 4.91. The van der Waals surface area contributed by atoms with Gasteiger partial charge in [-0.25, -0.2) is 0 Å². The highest BCUT2D eigenvalue weighted by molar-refractivity contribution is 4.75. The van der Waals surface area contributed by atoms with E-state index in [1.807, 2.05) is 0 Å². The van der Waals surface area contributed by atoms with Crippen molar-refractivity contribution in [3.63, 3.8) is 0 Å². The maximum Gasteiger partial charge on any atom is 0.00694 e. The van der Waals surface area contributed by atoms with Crippen molar-refractivity contribution in [2.45, 2.75) is 73.3 Å². The Kier molecular flexibility index (Phi) is 6.51. The van der Waals surface area contributed by atoms with Crippen LogP contribution in [0, 0.1) is 17.3 Å². The monoisotopic (exact) mass is 213 g/mol. The van der Waals surface area contributed by atoms with E-state index in [-0.39, 0.29) is 0 Å². The van der Waals surface area contributed by atoms with Gasteiger partial charge in [0.1, 0.15) is 0 Å². The summed E-state index contributed by atoms with van der Waals surface area (Å²) in [5, 5.41) is 0. The quantitative estimate of drug-likeness (QED) is 0.702. The van der Waals surface area contributed by atoms with E-state index >= 15 is 0 Å². The van der Waals surface area contributed by atoms with Gasteiger partial charge in [-0.3, -0.25) is 0 Å². The van der Waals surface area contributed by atoms with Crippen LogP contribution in [-0.2, 0) is 0 Å². The van der Waals surface area contributed by atoms with Gasteiger partial charge in [0.25, 0.3) is 0 Å². The molecule has 0 aromatic rings. The minimum Gasteiger partial charge on any atom is -0.327 e. The summed E-state index contributed by atoms with van der Waals surface area (Å²) >= 11 is 0. The van der Waals surface area contributed by atoms with Gasteiger partial charge in [-0.1, -0.05) is 54.4 Å². The van der Waals surface area contributed by atoms with Gasteiger partial charge in [-0.15, -0.1) is 0 Å². The van der Waals surface area contributed by atoms with Crippen LogP contribution in [-0.4, -0.2) is 6.04 Å². The summed E-state index contributed by atoms with van der Waals surface area (Å²) in [7, 11) is 0. The van der Waals surface area contributed by atoms with Crippen LogP contribution in [0.1, 0.15) is 67.2 Å². The molecule has 0 aliphatic rings. The van der Waals surface area contributed by atoms with Crippen LogP contribution in [0.5, 0.6) is 0 Å². The maximum atomic E-state index is 6.26. The SMILES string of the molecule is CCC(CC)C(N)CC(C)CC(C)(C)C. The molecule has 0 aliphatic heterocycles. The number of hydrogen-bond donors (Lipinski definition) is 1. The molecule has 1 nitrogen and oxygen atoms in total. The minimum atomic E-state index is 0.400.